The van der Waals surface area contributed by atoms with Gasteiger partial charge >= 0.3 is 5.97 Å². The third-order valence-electron chi connectivity index (χ3n) is 4.42. The van der Waals surface area contributed by atoms with Gasteiger partial charge in [0.2, 0.25) is 0 Å². The van der Waals surface area contributed by atoms with Gasteiger partial charge in [-0.1, -0.05) is 17.7 Å². The molecule has 2 aromatic carbocycles. The van der Waals surface area contributed by atoms with Crippen LogP contribution in [0.15, 0.2) is 42.5 Å². The summed E-state index contributed by atoms with van der Waals surface area (Å²) in [5.41, 5.74) is 1.85. The Kier molecular flexibility index (Phi) is 5.44. The lowest BCUT2D eigenvalue weighted by Gasteiger charge is -2.35. The molecule has 1 heterocycles. The van der Waals surface area contributed by atoms with Crippen molar-refractivity contribution in [1.82, 2.24) is 4.90 Å². The van der Waals surface area contributed by atoms with Gasteiger partial charge in [-0.2, -0.15) is 0 Å². The Labute approximate surface area is 157 Å². The van der Waals surface area contributed by atoms with Gasteiger partial charge in [0, 0.05) is 36.8 Å². The summed E-state index contributed by atoms with van der Waals surface area (Å²) < 4.78 is 0. The fourth-order valence-electron chi connectivity index (χ4n) is 2.92. The topological polar surface area (TPSA) is 72.9 Å². The van der Waals surface area contributed by atoms with Crippen LogP contribution >= 0.6 is 11.6 Å². The highest BCUT2D eigenvalue weighted by atomic mass is 35.5. The van der Waals surface area contributed by atoms with E-state index in [4.69, 9.17) is 11.6 Å². The smallest absolute Gasteiger partial charge is 0.335 e. The number of anilines is 2. The quantitative estimate of drug-likeness (QED) is 0.861. The van der Waals surface area contributed by atoms with Crippen molar-refractivity contribution in [3.05, 3.63) is 58.6 Å². The van der Waals surface area contributed by atoms with Crippen LogP contribution in [-0.4, -0.2) is 55.1 Å². The Bertz CT molecular complexity index is 833. The maximum absolute atomic E-state index is 12.6. The maximum atomic E-state index is 12.6. The van der Waals surface area contributed by atoms with Crippen molar-refractivity contribution in [2.45, 2.75) is 0 Å². The third-order valence-corrected chi connectivity index (χ3v) is 4.66. The molecule has 136 valence electrons. The van der Waals surface area contributed by atoms with Crippen LogP contribution in [0.5, 0.6) is 0 Å². The van der Waals surface area contributed by atoms with Gasteiger partial charge in [-0.05, 0) is 43.4 Å². The minimum absolute atomic E-state index is 0.129. The first-order valence-electron chi connectivity index (χ1n) is 8.32. The summed E-state index contributed by atoms with van der Waals surface area (Å²) in [5.74, 6) is -1.36. The molecule has 1 aliphatic heterocycles. The van der Waals surface area contributed by atoms with Crippen molar-refractivity contribution in [2.75, 3.05) is 43.4 Å². The molecule has 1 saturated heterocycles. The number of amides is 1. The molecule has 7 heteroatoms. The van der Waals surface area contributed by atoms with Crippen LogP contribution in [0.4, 0.5) is 11.4 Å². The molecule has 0 aromatic heterocycles. The predicted molar refractivity (Wildman–Crippen MR) is 103 cm³/mol. The highest BCUT2D eigenvalue weighted by Crippen LogP contribution is 2.29. The monoisotopic (exact) mass is 373 g/mol. The first-order chi connectivity index (χ1) is 12.4. The van der Waals surface area contributed by atoms with Crippen LogP contribution in [0.2, 0.25) is 5.02 Å². The summed E-state index contributed by atoms with van der Waals surface area (Å²) in [6, 6.07) is 11.4. The summed E-state index contributed by atoms with van der Waals surface area (Å²) in [4.78, 5) is 28.3. The summed E-state index contributed by atoms with van der Waals surface area (Å²) in [5, 5.41) is 12.6. The molecule has 1 fully saturated rings. The van der Waals surface area contributed by atoms with Gasteiger partial charge in [0.05, 0.1) is 16.9 Å². The fraction of sp³-hybridized carbons (Fsp3) is 0.263. The van der Waals surface area contributed by atoms with Crippen LogP contribution in [-0.2, 0) is 0 Å². The number of piperazine rings is 1. The fourth-order valence-corrected chi connectivity index (χ4v) is 3.11. The number of rotatable bonds is 4. The molecule has 0 aliphatic carbocycles. The van der Waals surface area contributed by atoms with E-state index in [2.05, 4.69) is 22.2 Å². The number of carbonyl (C=O) groups is 2. The number of hydrogen-bond donors (Lipinski definition) is 2. The van der Waals surface area contributed by atoms with E-state index in [1.54, 1.807) is 36.4 Å². The zero-order valence-corrected chi connectivity index (χ0v) is 15.2. The molecule has 1 aliphatic rings. The lowest BCUT2D eigenvalue weighted by molar-refractivity contribution is 0.0696. The van der Waals surface area contributed by atoms with Crippen LogP contribution < -0.4 is 10.2 Å². The molecule has 0 spiro atoms. The number of nitrogens with one attached hydrogen (secondary N) is 1. The largest absolute Gasteiger partial charge is 0.478 e. The molecule has 0 bridgehead atoms. The number of carboxylic acid groups (broad SMARTS) is 1. The lowest BCUT2D eigenvalue weighted by atomic mass is 10.1. The average Bonchev–Trinajstić information content (AvgIpc) is 2.62. The predicted octanol–water partition coefficient (Wildman–Crippen LogP) is 3.04. The normalized spacial score (nSPS) is 14.9. The standard InChI is InChI=1S/C19H20ClN3O3/c1-22-7-9-23(10-8-22)17-6-5-14(19(25)26)12-16(17)21-18(24)13-3-2-4-15(20)11-13/h2-6,11-12H,7-10H2,1H3,(H,21,24)(H,25,26). The Morgan fingerprint density at radius 3 is 2.42 bits per heavy atom. The minimum atomic E-state index is -1.03. The van der Waals surface area contributed by atoms with Gasteiger partial charge in [0.25, 0.3) is 5.91 Å². The molecule has 6 nitrogen and oxygen atoms in total. The van der Waals surface area contributed by atoms with Gasteiger partial charge in [-0.25, -0.2) is 4.79 Å². The van der Waals surface area contributed by atoms with Gasteiger partial charge in [-0.3, -0.25) is 4.79 Å². The van der Waals surface area contributed by atoms with Crippen molar-refractivity contribution in [1.29, 1.82) is 0 Å². The first kappa shape index (κ1) is 18.2. The molecular formula is C19H20ClN3O3. The van der Waals surface area contributed by atoms with Crippen LogP contribution in [0.3, 0.4) is 0 Å². The van der Waals surface area contributed by atoms with Gasteiger partial charge < -0.3 is 20.2 Å². The van der Waals surface area contributed by atoms with Crippen molar-refractivity contribution < 1.29 is 14.7 Å². The number of carboxylic acids is 1. The van der Waals surface area contributed by atoms with Gasteiger partial charge in [0.15, 0.2) is 0 Å². The first-order valence-corrected chi connectivity index (χ1v) is 8.69. The molecule has 2 N–H and O–H groups in total. The number of likely N-dealkylation sites (N-methyl/N-ethyl adjacent to an activating group) is 1. The molecule has 26 heavy (non-hydrogen) atoms. The molecule has 0 unspecified atom stereocenters. The van der Waals surface area contributed by atoms with Gasteiger partial charge in [-0.15, -0.1) is 0 Å². The second-order valence-electron chi connectivity index (χ2n) is 6.29. The molecule has 3 rings (SSSR count). The Balaban J connectivity index is 1.91. The highest BCUT2D eigenvalue weighted by molar-refractivity contribution is 6.31. The summed E-state index contributed by atoms with van der Waals surface area (Å²) >= 11 is 5.95. The van der Waals surface area contributed by atoms with Crippen LogP contribution in [0.25, 0.3) is 0 Å². The lowest BCUT2D eigenvalue weighted by Crippen LogP contribution is -2.44. The number of benzene rings is 2. The Morgan fingerprint density at radius 2 is 1.77 bits per heavy atom. The Hall–Kier alpha value is -2.57. The van der Waals surface area contributed by atoms with E-state index in [0.29, 0.717) is 16.3 Å². The van der Waals surface area contributed by atoms with Gasteiger partial charge in [0.1, 0.15) is 0 Å². The molecule has 1 amide bonds. The molecule has 0 saturated carbocycles. The van der Waals surface area contributed by atoms with Crippen molar-refractivity contribution in [3.8, 4) is 0 Å². The van der Waals surface area contributed by atoms with E-state index in [9.17, 15) is 14.7 Å². The molecule has 2 aromatic rings. The van der Waals surface area contributed by atoms with Crippen molar-refractivity contribution >= 4 is 34.9 Å². The summed E-state index contributed by atoms with van der Waals surface area (Å²) in [6.07, 6.45) is 0. The zero-order chi connectivity index (χ0) is 18.7. The van der Waals surface area contributed by atoms with E-state index in [-0.39, 0.29) is 11.5 Å². The highest BCUT2D eigenvalue weighted by Gasteiger charge is 2.20. The number of nitrogens with zero attached hydrogens (tertiary/aromatic N) is 2. The van der Waals surface area contributed by atoms with E-state index in [0.717, 1.165) is 31.9 Å². The van der Waals surface area contributed by atoms with E-state index in [1.165, 1.54) is 6.07 Å². The number of carbonyl (C=O) groups excluding carboxylic acids is 1. The Morgan fingerprint density at radius 1 is 1.04 bits per heavy atom. The van der Waals surface area contributed by atoms with E-state index >= 15 is 0 Å². The van der Waals surface area contributed by atoms with E-state index < -0.39 is 5.97 Å². The minimum Gasteiger partial charge on any atom is -0.478 e. The molecule has 0 atom stereocenters. The zero-order valence-electron chi connectivity index (χ0n) is 14.4. The number of halogens is 1. The maximum Gasteiger partial charge on any atom is 0.335 e. The van der Waals surface area contributed by atoms with Crippen LogP contribution in [0.1, 0.15) is 20.7 Å². The second-order valence-corrected chi connectivity index (χ2v) is 6.73. The number of hydrogen-bond acceptors (Lipinski definition) is 4. The summed E-state index contributed by atoms with van der Waals surface area (Å²) in [6.45, 7) is 3.43. The number of aromatic carboxylic acids is 1. The molecular weight excluding hydrogens is 354 g/mol. The van der Waals surface area contributed by atoms with Crippen molar-refractivity contribution in [3.63, 3.8) is 0 Å². The molecule has 0 radical (unpaired) electrons. The second kappa shape index (κ2) is 7.76. The average molecular weight is 374 g/mol. The summed E-state index contributed by atoms with van der Waals surface area (Å²) in [7, 11) is 2.06. The van der Waals surface area contributed by atoms with Crippen molar-refractivity contribution in [2.24, 2.45) is 0 Å². The third kappa shape index (κ3) is 4.15. The SMILES string of the molecule is CN1CCN(c2ccc(C(=O)O)cc2NC(=O)c2cccc(Cl)c2)CC1. The van der Waals surface area contributed by atoms with Crippen LogP contribution in [0, 0.1) is 0 Å². The van der Waals surface area contributed by atoms with E-state index in [1.807, 2.05) is 0 Å².